The summed E-state index contributed by atoms with van der Waals surface area (Å²) in [5.74, 6) is -0.179. The number of Topliss-reactive ketones (excluding diaryl/α,β-unsaturated/α-hetero) is 1. The minimum Gasteiger partial charge on any atom is -0.380 e. The Hall–Kier alpha value is -3.98. The van der Waals surface area contributed by atoms with E-state index in [9.17, 15) is 9.59 Å². The van der Waals surface area contributed by atoms with E-state index in [2.05, 4.69) is 16.4 Å². The van der Waals surface area contributed by atoms with Crippen LogP contribution in [0, 0.1) is 11.3 Å². The largest absolute Gasteiger partial charge is 0.380 e. The van der Waals surface area contributed by atoms with Crippen LogP contribution >= 0.6 is 0 Å². The fraction of sp³-hybridized carbons (Fsp3) is 0.130. The summed E-state index contributed by atoms with van der Waals surface area (Å²) < 4.78 is 0. The van der Waals surface area contributed by atoms with Crippen molar-refractivity contribution in [2.24, 2.45) is 0 Å². The number of anilines is 2. The molecule has 144 valence electrons. The molecule has 0 aliphatic carbocycles. The quantitative estimate of drug-likeness (QED) is 0.648. The van der Waals surface area contributed by atoms with Crippen LogP contribution in [-0.4, -0.2) is 23.7 Å². The minimum absolute atomic E-state index is 0.0661. The molecule has 0 spiro atoms. The number of hydrogen-bond donors (Lipinski definition) is 1. The van der Waals surface area contributed by atoms with Crippen LogP contribution in [0.2, 0.25) is 0 Å². The Morgan fingerprint density at radius 3 is 2.38 bits per heavy atom. The highest BCUT2D eigenvalue weighted by Gasteiger charge is 2.13. The molecular weight excluding hydrogens is 364 g/mol. The van der Waals surface area contributed by atoms with Crippen LogP contribution in [-0.2, 0) is 6.54 Å². The maximum absolute atomic E-state index is 12.5. The summed E-state index contributed by atoms with van der Waals surface area (Å²) in [7, 11) is 1.72. The highest BCUT2D eigenvalue weighted by Crippen LogP contribution is 2.21. The molecule has 1 aromatic heterocycles. The second kappa shape index (κ2) is 8.81. The molecular formula is C23H20N4O2. The van der Waals surface area contributed by atoms with Crippen molar-refractivity contribution in [1.29, 1.82) is 5.26 Å². The third-order valence-electron chi connectivity index (χ3n) is 4.57. The zero-order valence-corrected chi connectivity index (χ0v) is 16.2. The number of benzene rings is 2. The average molecular weight is 384 g/mol. The van der Waals surface area contributed by atoms with E-state index in [0.717, 1.165) is 11.3 Å². The SMILES string of the molecule is CC(=O)c1ccc(C#N)cc1NCc1ccc(N(C)C(=O)c2ccncc2)cc1. The fourth-order valence-electron chi connectivity index (χ4n) is 2.91. The molecule has 0 atom stereocenters. The van der Waals surface area contributed by atoms with E-state index in [0.29, 0.717) is 28.9 Å². The van der Waals surface area contributed by atoms with Gasteiger partial charge in [-0.3, -0.25) is 14.6 Å². The molecule has 0 fully saturated rings. The number of carbonyl (C=O) groups is 2. The monoisotopic (exact) mass is 384 g/mol. The summed E-state index contributed by atoms with van der Waals surface area (Å²) in [6, 6.07) is 18.0. The summed E-state index contributed by atoms with van der Waals surface area (Å²) in [6.07, 6.45) is 3.18. The number of rotatable bonds is 6. The van der Waals surface area contributed by atoms with Crippen molar-refractivity contribution in [2.45, 2.75) is 13.5 Å². The van der Waals surface area contributed by atoms with Gasteiger partial charge >= 0.3 is 0 Å². The molecule has 0 unspecified atom stereocenters. The lowest BCUT2D eigenvalue weighted by Crippen LogP contribution is -2.26. The van der Waals surface area contributed by atoms with Crippen LogP contribution in [0.4, 0.5) is 11.4 Å². The van der Waals surface area contributed by atoms with Gasteiger partial charge in [0.1, 0.15) is 0 Å². The van der Waals surface area contributed by atoms with Crippen LogP contribution < -0.4 is 10.2 Å². The van der Waals surface area contributed by atoms with Crippen LogP contribution in [0.25, 0.3) is 0 Å². The number of nitriles is 1. The minimum atomic E-state index is -0.113. The highest BCUT2D eigenvalue weighted by atomic mass is 16.2. The van der Waals surface area contributed by atoms with Gasteiger partial charge in [-0.15, -0.1) is 0 Å². The van der Waals surface area contributed by atoms with Gasteiger partial charge in [0.25, 0.3) is 5.91 Å². The molecule has 0 radical (unpaired) electrons. The molecule has 3 rings (SSSR count). The summed E-state index contributed by atoms with van der Waals surface area (Å²) in [4.78, 5) is 29.9. The molecule has 0 aliphatic rings. The molecule has 0 saturated carbocycles. The summed E-state index contributed by atoms with van der Waals surface area (Å²) in [5.41, 5.74) is 3.99. The molecule has 1 N–H and O–H groups in total. The van der Waals surface area contributed by atoms with Gasteiger partial charge in [0.2, 0.25) is 0 Å². The predicted octanol–water partition coefficient (Wildman–Crippen LogP) is 4.04. The number of nitrogens with zero attached hydrogens (tertiary/aromatic N) is 3. The van der Waals surface area contributed by atoms with Crippen molar-refractivity contribution in [1.82, 2.24) is 4.98 Å². The number of pyridine rings is 1. The molecule has 0 aliphatic heterocycles. The number of hydrogen-bond acceptors (Lipinski definition) is 5. The topological polar surface area (TPSA) is 86.1 Å². The zero-order valence-electron chi connectivity index (χ0n) is 16.2. The molecule has 1 heterocycles. The third-order valence-corrected chi connectivity index (χ3v) is 4.57. The maximum Gasteiger partial charge on any atom is 0.258 e. The Balaban J connectivity index is 1.71. The summed E-state index contributed by atoms with van der Waals surface area (Å²) >= 11 is 0. The third kappa shape index (κ3) is 4.66. The number of amides is 1. The van der Waals surface area contributed by atoms with E-state index >= 15 is 0 Å². The van der Waals surface area contributed by atoms with E-state index in [-0.39, 0.29) is 11.7 Å². The Kier molecular flexibility index (Phi) is 6.00. The Bertz CT molecular complexity index is 1070. The van der Waals surface area contributed by atoms with Crippen LogP contribution in [0.15, 0.2) is 67.0 Å². The molecule has 2 aromatic carbocycles. The molecule has 1 amide bonds. The van der Waals surface area contributed by atoms with Crippen molar-refractivity contribution in [3.63, 3.8) is 0 Å². The van der Waals surface area contributed by atoms with Crippen molar-refractivity contribution < 1.29 is 9.59 Å². The first kappa shape index (κ1) is 19.8. The number of carbonyl (C=O) groups excluding carboxylic acids is 2. The summed E-state index contributed by atoms with van der Waals surface area (Å²) in [6.45, 7) is 1.98. The molecule has 6 heteroatoms. The molecule has 0 saturated heterocycles. The first-order chi connectivity index (χ1) is 14.0. The smallest absolute Gasteiger partial charge is 0.258 e. The predicted molar refractivity (Wildman–Crippen MR) is 112 cm³/mol. The second-order valence-electron chi connectivity index (χ2n) is 6.55. The van der Waals surface area contributed by atoms with Crippen molar-refractivity contribution >= 4 is 23.1 Å². The Labute approximate surface area is 169 Å². The Morgan fingerprint density at radius 1 is 1.07 bits per heavy atom. The fourth-order valence-corrected chi connectivity index (χ4v) is 2.91. The van der Waals surface area contributed by atoms with Gasteiger partial charge in [-0.1, -0.05) is 12.1 Å². The van der Waals surface area contributed by atoms with Gasteiger partial charge in [0, 0.05) is 48.5 Å². The molecule has 6 nitrogen and oxygen atoms in total. The van der Waals surface area contributed by atoms with Gasteiger partial charge in [-0.05, 0) is 55.0 Å². The lowest BCUT2D eigenvalue weighted by atomic mass is 10.1. The second-order valence-corrected chi connectivity index (χ2v) is 6.55. The first-order valence-corrected chi connectivity index (χ1v) is 9.05. The highest BCUT2D eigenvalue weighted by molar-refractivity contribution is 6.05. The van der Waals surface area contributed by atoms with E-state index in [1.807, 2.05) is 24.3 Å². The van der Waals surface area contributed by atoms with Crippen LogP contribution in [0.3, 0.4) is 0 Å². The first-order valence-electron chi connectivity index (χ1n) is 9.05. The van der Waals surface area contributed by atoms with Gasteiger partial charge in [-0.2, -0.15) is 5.26 Å². The van der Waals surface area contributed by atoms with Crippen LogP contribution in [0.1, 0.15) is 38.8 Å². The van der Waals surface area contributed by atoms with E-state index < -0.39 is 0 Å². The van der Waals surface area contributed by atoms with Crippen molar-refractivity contribution in [2.75, 3.05) is 17.3 Å². The normalized spacial score (nSPS) is 10.1. The zero-order chi connectivity index (χ0) is 20.8. The number of aromatic nitrogens is 1. The van der Waals surface area contributed by atoms with Gasteiger partial charge in [-0.25, -0.2) is 0 Å². The maximum atomic E-state index is 12.5. The molecule has 29 heavy (non-hydrogen) atoms. The standard InChI is InChI=1S/C23H20N4O2/c1-16(28)21-8-5-18(14-24)13-22(21)26-15-17-3-6-20(7-4-17)27(2)23(29)19-9-11-25-12-10-19/h3-13,26H,15H2,1-2H3. The molecule has 0 bridgehead atoms. The van der Waals surface area contributed by atoms with Crippen molar-refractivity contribution in [3.05, 3.63) is 89.2 Å². The average Bonchev–Trinajstić information content (AvgIpc) is 2.77. The lowest BCUT2D eigenvalue weighted by molar-refractivity contribution is 0.0990. The number of nitrogens with one attached hydrogen (secondary N) is 1. The number of ketones is 1. The molecule has 3 aromatic rings. The Morgan fingerprint density at radius 2 is 1.76 bits per heavy atom. The van der Waals surface area contributed by atoms with Gasteiger partial charge in [0.15, 0.2) is 5.78 Å². The van der Waals surface area contributed by atoms with Gasteiger partial charge < -0.3 is 10.2 Å². The van der Waals surface area contributed by atoms with E-state index in [1.54, 1.807) is 54.7 Å². The van der Waals surface area contributed by atoms with E-state index in [1.165, 1.54) is 6.92 Å². The summed E-state index contributed by atoms with van der Waals surface area (Å²) in [5, 5.41) is 12.3. The van der Waals surface area contributed by atoms with E-state index in [4.69, 9.17) is 5.26 Å². The van der Waals surface area contributed by atoms with Crippen LogP contribution in [0.5, 0.6) is 0 Å². The lowest BCUT2D eigenvalue weighted by Gasteiger charge is -2.18. The van der Waals surface area contributed by atoms with Gasteiger partial charge in [0.05, 0.1) is 11.6 Å². The van der Waals surface area contributed by atoms with Crippen molar-refractivity contribution in [3.8, 4) is 6.07 Å².